The number of amides is 3. The van der Waals surface area contributed by atoms with E-state index in [1.54, 1.807) is 17.0 Å². The van der Waals surface area contributed by atoms with E-state index in [1.807, 2.05) is 31.2 Å². The van der Waals surface area contributed by atoms with Crippen LogP contribution in [0.1, 0.15) is 41.6 Å². The lowest BCUT2D eigenvalue weighted by Crippen LogP contribution is -2.54. The highest BCUT2D eigenvalue weighted by molar-refractivity contribution is 6.35. The number of nitrogens with zero attached hydrogens (tertiary/aromatic N) is 2. The molecular formula is C21H25N3O4. The van der Waals surface area contributed by atoms with Gasteiger partial charge in [-0.05, 0) is 36.6 Å². The van der Waals surface area contributed by atoms with E-state index < -0.39 is 11.8 Å². The summed E-state index contributed by atoms with van der Waals surface area (Å²) in [6.07, 6.45) is 2.40. The molecule has 7 heteroatoms. The van der Waals surface area contributed by atoms with Gasteiger partial charge >= 0.3 is 11.8 Å². The van der Waals surface area contributed by atoms with Crippen LogP contribution < -0.4 is 5.32 Å². The van der Waals surface area contributed by atoms with Crippen molar-refractivity contribution in [2.75, 3.05) is 26.2 Å². The Kier molecular flexibility index (Phi) is 6.13. The highest BCUT2D eigenvalue weighted by Gasteiger charge is 2.29. The van der Waals surface area contributed by atoms with E-state index in [0.717, 1.165) is 12.0 Å². The van der Waals surface area contributed by atoms with E-state index in [2.05, 4.69) is 12.2 Å². The van der Waals surface area contributed by atoms with Gasteiger partial charge in [0.1, 0.15) is 0 Å². The summed E-state index contributed by atoms with van der Waals surface area (Å²) < 4.78 is 5.13. The minimum atomic E-state index is -0.627. The van der Waals surface area contributed by atoms with Crippen molar-refractivity contribution in [2.24, 2.45) is 0 Å². The first-order valence-electron chi connectivity index (χ1n) is 9.51. The molecule has 1 aliphatic rings. The van der Waals surface area contributed by atoms with Crippen LogP contribution in [0.15, 0.2) is 47.1 Å². The van der Waals surface area contributed by atoms with Gasteiger partial charge in [0.15, 0.2) is 5.76 Å². The molecule has 1 N–H and O–H groups in total. The van der Waals surface area contributed by atoms with Crippen LogP contribution in [-0.2, 0) is 16.0 Å². The fraction of sp³-hybridized carbons (Fsp3) is 0.381. The van der Waals surface area contributed by atoms with Crippen LogP contribution in [0, 0.1) is 0 Å². The first-order valence-corrected chi connectivity index (χ1v) is 9.51. The summed E-state index contributed by atoms with van der Waals surface area (Å²) in [6, 6.07) is 11.0. The molecule has 148 valence electrons. The molecule has 2 aromatic rings. The predicted molar refractivity (Wildman–Crippen MR) is 104 cm³/mol. The van der Waals surface area contributed by atoms with Crippen molar-refractivity contribution < 1.29 is 18.8 Å². The van der Waals surface area contributed by atoms with Crippen LogP contribution in [0.25, 0.3) is 0 Å². The number of hydrogen-bond acceptors (Lipinski definition) is 4. The maximum Gasteiger partial charge on any atom is 0.312 e. The van der Waals surface area contributed by atoms with Crippen molar-refractivity contribution in [3.63, 3.8) is 0 Å². The minimum absolute atomic E-state index is 0.203. The van der Waals surface area contributed by atoms with E-state index in [0.29, 0.717) is 26.2 Å². The van der Waals surface area contributed by atoms with E-state index in [1.165, 1.54) is 16.7 Å². The highest BCUT2D eigenvalue weighted by Crippen LogP contribution is 2.14. The Bertz CT molecular complexity index is 822. The second-order valence-corrected chi connectivity index (χ2v) is 6.85. The monoisotopic (exact) mass is 383 g/mol. The van der Waals surface area contributed by atoms with Gasteiger partial charge in [-0.3, -0.25) is 14.4 Å². The topological polar surface area (TPSA) is 82.9 Å². The fourth-order valence-corrected chi connectivity index (χ4v) is 3.20. The van der Waals surface area contributed by atoms with Crippen LogP contribution in [0.2, 0.25) is 0 Å². The summed E-state index contributed by atoms with van der Waals surface area (Å²) in [4.78, 5) is 40.2. The van der Waals surface area contributed by atoms with Gasteiger partial charge < -0.3 is 19.5 Å². The first-order chi connectivity index (χ1) is 13.5. The van der Waals surface area contributed by atoms with Gasteiger partial charge in [0.2, 0.25) is 0 Å². The Morgan fingerprint density at radius 2 is 1.68 bits per heavy atom. The van der Waals surface area contributed by atoms with Gasteiger partial charge in [-0.15, -0.1) is 0 Å². The molecule has 1 aromatic heterocycles. The average Bonchev–Trinajstić information content (AvgIpc) is 3.27. The number of aryl methyl sites for hydroxylation is 1. The molecule has 1 atom stereocenters. The third-order valence-corrected chi connectivity index (χ3v) is 5.02. The molecule has 0 radical (unpaired) electrons. The van der Waals surface area contributed by atoms with Crippen LogP contribution in [0.3, 0.4) is 0 Å². The zero-order valence-corrected chi connectivity index (χ0v) is 16.2. The van der Waals surface area contributed by atoms with Crippen LogP contribution >= 0.6 is 0 Å². The molecule has 7 nitrogen and oxygen atoms in total. The van der Waals surface area contributed by atoms with Crippen LogP contribution in [0.4, 0.5) is 0 Å². The standard InChI is InChI=1S/C21H25N3O4/c1-3-16-6-8-17(9-7-16)15(2)22-19(25)21(27)24-12-10-23(11-13-24)20(26)18-5-4-14-28-18/h4-9,14-15H,3,10-13H2,1-2H3,(H,22,25). The molecule has 3 amide bonds. The first kappa shape index (κ1) is 19.7. The Morgan fingerprint density at radius 1 is 1.04 bits per heavy atom. The van der Waals surface area contributed by atoms with Gasteiger partial charge in [0.05, 0.1) is 12.3 Å². The number of carbonyl (C=O) groups excluding carboxylic acids is 3. The number of nitrogens with one attached hydrogen (secondary N) is 1. The summed E-state index contributed by atoms with van der Waals surface area (Å²) in [5.74, 6) is -1.12. The highest BCUT2D eigenvalue weighted by atomic mass is 16.3. The molecule has 1 aromatic carbocycles. The molecule has 1 aliphatic heterocycles. The zero-order chi connectivity index (χ0) is 20.1. The van der Waals surface area contributed by atoms with E-state index in [-0.39, 0.29) is 17.7 Å². The number of rotatable bonds is 4. The molecule has 3 rings (SSSR count). The maximum atomic E-state index is 12.5. The molecule has 1 unspecified atom stereocenters. The quantitative estimate of drug-likeness (QED) is 0.819. The lowest BCUT2D eigenvalue weighted by Gasteiger charge is -2.34. The van der Waals surface area contributed by atoms with E-state index in [9.17, 15) is 14.4 Å². The molecule has 0 bridgehead atoms. The summed E-state index contributed by atoms with van der Waals surface area (Å²) in [5, 5.41) is 2.76. The van der Waals surface area contributed by atoms with Crippen LogP contribution in [-0.4, -0.2) is 53.7 Å². The van der Waals surface area contributed by atoms with Gasteiger partial charge in [-0.25, -0.2) is 0 Å². The SMILES string of the molecule is CCc1ccc(C(C)NC(=O)C(=O)N2CCN(C(=O)c3ccco3)CC2)cc1. The largest absolute Gasteiger partial charge is 0.459 e. The normalized spacial score (nSPS) is 15.2. The second-order valence-electron chi connectivity index (χ2n) is 6.85. The van der Waals surface area contributed by atoms with Crippen molar-refractivity contribution in [2.45, 2.75) is 26.3 Å². The van der Waals surface area contributed by atoms with Crippen molar-refractivity contribution in [3.8, 4) is 0 Å². The number of piperazine rings is 1. The lowest BCUT2D eigenvalue weighted by atomic mass is 10.0. The molecule has 1 saturated heterocycles. The Balaban J connectivity index is 1.51. The van der Waals surface area contributed by atoms with Crippen molar-refractivity contribution in [1.82, 2.24) is 15.1 Å². The van der Waals surface area contributed by atoms with Crippen molar-refractivity contribution in [3.05, 3.63) is 59.5 Å². The third-order valence-electron chi connectivity index (χ3n) is 5.02. The minimum Gasteiger partial charge on any atom is -0.459 e. The van der Waals surface area contributed by atoms with Gasteiger partial charge in [0.25, 0.3) is 5.91 Å². The predicted octanol–water partition coefficient (Wildman–Crippen LogP) is 2.00. The molecule has 0 aliphatic carbocycles. The van der Waals surface area contributed by atoms with Gasteiger partial charge in [-0.1, -0.05) is 31.2 Å². The number of hydrogen-bond donors (Lipinski definition) is 1. The Hall–Kier alpha value is -3.09. The van der Waals surface area contributed by atoms with E-state index in [4.69, 9.17) is 4.42 Å². The summed E-state index contributed by atoms with van der Waals surface area (Å²) in [6.45, 7) is 5.31. The smallest absolute Gasteiger partial charge is 0.312 e. The van der Waals surface area contributed by atoms with Crippen molar-refractivity contribution in [1.29, 1.82) is 0 Å². The zero-order valence-electron chi connectivity index (χ0n) is 16.2. The third kappa shape index (κ3) is 4.42. The number of carbonyl (C=O) groups is 3. The molecule has 28 heavy (non-hydrogen) atoms. The Labute approximate surface area is 164 Å². The molecule has 1 fully saturated rings. The maximum absolute atomic E-state index is 12.5. The van der Waals surface area contributed by atoms with Gasteiger partial charge in [0, 0.05) is 26.2 Å². The Morgan fingerprint density at radius 3 is 2.25 bits per heavy atom. The van der Waals surface area contributed by atoms with E-state index >= 15 is 0 Å². The average molecular weight is 383 g/mol. The summed E-state index contributed by atoms with van der Waals surface area (Å²) in [5.41, 5.74) is 2.17. The lowest BCUT2D eigenvalue weighted by molar-refractivity contribution is -0.147. The molecular weight excluding hydrogens is 358 g/mol. The summed E-state index contributed by atoms with van der Waals surface area (Å²) in [7, 11) is 0. The molecule has 0 spiro atoms. The number of benzene rings is 1. The van der Waals surface area contributed by atoms with Gasteiger partial charge in [-0.2, -0.15) is 0 Å². The molecule has 0 saturated carbocycles. The van der Waals surface area contributed by atoms with Crippen LogP contribution in [0.5, 0.6) is 0 Å². The summed E-state index contributed by atoms with van der Waals surface area (Å²) >= 11 is 0. The molecule has 2 heterocycles. The van der Waals surface area contributed by atoms with Crippen molar-refractivity contribution >= 4 is 17.7 Å². The number of furan rings is 1. The second kappa shape index (κ2) is 8.73. The fourth-order valence-electron chi connectivity index (χ4n) is 3.20.